The first-order valence-corrected chi connectivity index (χ1v) is 16.9. The molecule has 0 aromatic heterocycles. The second kappa shape index (κ2) is 17.6. The van der Waals surface area contributed by atoms with Crippen LogP contribution in [0, 0.1) is 5.92 Å². The molecule has 0 radical (unpaired) electrons. The minimum absolute atomic E-state index is 0.0248. The lowest BCUT2D eigenvalue weighted by Crippen LogP contribution is -2.45. The third-order valence-corrected chi connectivity index (χ3v) is 12.2. The maximum Gasteiger partial charge on any atom is 0.192 e. The Labute approximate surface area is 207 Å². The topological polar surface area (TPSA) is 46.5 Å². The molecule has 0 bridgehead atoms. The summed E-state index contributed by atoms with van der Waals surface area (Å²) in [5.41, 5.74) is 0. The molecular weight excluding hydrogens is 432 g/mol. The monoisotopic (exact) mass is 488 g/mol. The zero-order chi connectivity index (χ0) is 24.6. The second-order valence-corrected chi connectivity index (χ2v) is 16.6. The summed E-state index contributed by atoms with van der Waals surface area (Å²) in [6.07, 6.45) is 16.5. The van der Waals surface area contributed by atoms with Gasteiger partial charge in [-0.1, -0.05) is 112 Å². The maximum atomic E-state index is 12.1. The summed E-state index contributed by atoms with van der Waals surface area (Å²) in [6, 6.07) is 0. The Bertz CT molecular complexity index is 476. The number of rotatable bonds is 20. The molecule has 3 nitrogen and oxygen atoms in total. The van der Waals surface area contributed by atoms with Gasteiger partial charge in [0.2, 0.25) is 0 Å². The average Bonchev–Trinajstić information content (AvgIpc) is 2.68. The number of aliphatic hydroxyl groups is 1. The Morgan fingerprint density at radius 1 is 0.844 bits per heavy atom. The third-order valence-electron chi connectivity index (χ3n) is 7.30. The molecule has 0 aromatic rings. The largest absolute Gasteiger partial charge is 0.414 e. The number of carbonyl (C=O) groups excluding carboxylic acids is 1. The van der Waals surface area contributed by atoms with Crippen molar-refractivity contribution in [1.82, 2.24) is 0 Å². The number of hydrogen-bond donors (Lipinski definition) is 2. The van der Waals surface area contributed by atoms with Crippen molar-refractivity contribution in [2.75, 3.05) is 0 Å². The van der Waals surface area contributed by atoms with Gasteiger partial charge in [0.15, 0.2) is 13.4 Å². The summed E-state index contributed by atoms with van der Waals surface area (Å²) < 4.78 is 6.74. The van der Waals surface area contributed by atoms with E-state index in [4.69, 9.17) is 4.43 Å². The molecule has 0 fully saturated rings. The predicted molar refractivity (Wildman–Crippen MR) is 146 cm³/mol. The molecule has 3 atom stereocenters. The van der Waals surface area contributed by atoms with E-state index < -0.39 is 14.4 Å². The third kappa shape index (κ3) is 14.4. The Kier molecular flexibility index (Phi) is 17.7. The van der Waals surface area contributed by atoms with Crippen LogP contribution < -0.4 is 0 Å². The standard InChI is InChI=1S/C27H56O3SSi/c1-8-10-12-13-14-15-16-17-19-20-23(30-32(6,7)27(3,4)5)22-25(28)24(26(29)31)21-18-11-9-2/h23-25,28H,8-22H2,1-7H3,(H,29,31)/t23-,24?,25?/m1/s1. The smallest absolute Gasteiger partial charge is 0.192 e. The SMILES string of the molecule is CCCCCCCCCCC[C@H](CC(O)C(CCCCC)C(=O)S)O[Si](C)(C)C(C)(C)C. The minimum atomic E-state index is -1.94. The number of aliphatic hydroxyl groups excluding tert-OH is 1. The first-order chi connectivity index (χ1) is 15.0. The van der Waals surface area contributed by atoms with Gasteiger partial charge in [0.25, 0.3) is 0 Å². The lowest BCUT2D eigenvalue weighted by Gasteiger charge is -2.40. The molecule has 32 heavy (non-hydrogen) atoms. The van der Waals surface area contributed by atoms with Gasteiger partial charge in [0.1, 0.15) is 0 Å². The molecule has 1 N–H and O–H groups in total. The number of thiol groups is 1. The minimum Gasteiger partial charge on any atom is -0.414 e. The predicted octanol–water partition coefficient (Wildman–Crippen LogP) is 8.70. The van der Waals surface area contributed by atoms with Crippen molar-refractivity contribution in [3.05, 3.63) is 0 Å². The van der Waals surface area contributed by atoms with Crippen LogP contribution in [0.15, 0.2) is 0 Å². The number of carbonyl (C=O) groups is 1. The summed E-state index contributed by atoms with van der Waals surface area (Å²) in [4.78, 5) is 12.1. The molecule has 0 aliphatic rings. The van der Waals surface area contributed by atoms with E-state index in [1.807, 2.05) is 0 Å². The van der Waals surface area contributed by atoms with E-state index in [1.165, 1.54) is 51.4 Å². The van der Waals surface area contributed by atoms with E-state index >= 15 is 0 Å². The number of hydrogen-bond acceptors (Lipinski definition) is 3. The van der Waals surface area contributed by atoms with E-state index in [0.717, 1.165) is 38.5 Å². The first-order valence-electron chi connectivity index (χ1n) is 13.5. The molecule has 0 aliphatic carbocycles. The Hall–Kier alpha value is 0.157. The van der Waals surface area contributed by atoms with Gasteiger partial charge < -0.3 is 9.53 Å². The molecule has 5 heteroatoms. The molecule has 0 heterocycles. The molecule has 0 rings (SSSR count). The van der Waals surface area contributed by atoms with Gasteiger partial charge in [0, 0.05) is 6.10 Å². The van der Waals surface area contributed by atoms with E-state index in [-0.39, 0.29) is 22.2 Å². The summed E-state index contributed by atoms with van der Waals surface area (Å²) >= 11 is 4.10. The lowest BCUT2D eigenvalue weighted by molar-refractivity contribution is -0.118. The fourth-order valence-corrected chi connectivity index (χ4v) is 5.73. The highest BCUT2D eigenvalue weighted by atomic mass is 32.1. The van der Waals surface area contributed by atoms with Gasteiger partial charge in [-0.2, -0.15) is 0 Å². The van der Waals surface area contributed by atoms with Gasteiger partial charge in [-0.3, -0.25) is 4.79 Å². The van der Waals surface area contributed by atoms with Crippen LogP contribution in [0.4, 0.5) is 0 Å². The Morgan fingerprint density at radius 2 is 1.28 bits per heavy atom. The van der Waals surface area contributed by atoms with Gasteiger partial charge >= 0.3 is 0 Å². The lowest BCUT2D eigenvalue weighted by atomic mass is 9.91. The van der Waals surface area contributed by atoms with Gasteiger partial charge in [0.05, 0.1) is 12.0 Å². The van der Waals surface area contributed by atoms with Crippen LogP contribution in [0.5, 0.6) is 0 Å². The summed E-state index contributed by atoms with van der Waals surface area (Å²) in [6.45, 7) is 15.8. The Morgan fingerprint density at radius 3 is 1.75 bits per heavy atom. The van der Waals surface area contributed by atoms with E-state index in [1.54, 1.807) is 0 Å². The highest BCUT2D eigenvalue weighted by Gasteiger charge is 2.40. The normalized spacial score (nSPS) is 15.5. The molecule has 192 valence electrons. The van der Waals surface area contributed by atoms with Crippen molar-refractivity contribution in [3.8, 4) is 0 Å². The van der Waals surface area contributed by atoms with Crippen LogP contribution in [-0.4, -0.2) is 30.7 Å². The van der Waals surface area contributed by atoms with Crippen LogP contribution in [0.1, 0.15) is 131 Å². The summed E-state index contributed by atoms with van der Waals surface area (Å²) in [5, 5.41) is 10.9. The van der Waals surface area contributed by atoms with Gasteiger partial charge in [-0.05, 0) is 37.4 Å². The summed E-state index contributed by atoms with van der Waals surface area (Å²) in [5.74, 6) is -0.376. The zero-order valence-electron chi connectivity index (χ0n) is 22.5. The van der Waals surface area contributed by atoms with Crippen molar-refractivity contribution >= 4 is 26.1 Å². The van der Waals surface area contributed by atoms with Gasteiger partial charge in [-0.25, -0.2) is 0 Å². The average molecular weight is 489 g/mol. The molecule has 0 amide bonds. The van der Waals surface area contributed by atoms with Crippen LogP contribution in [0.3, 0.4) is 0 Å². The molecule has 0 saturated carbocycles. The summed E-state index contributed by atoms with van der Waals surface area (Å²) in [7, 11) is -1.94. The fourth-order valence-electron chi connectivity index (χ4n) is 4.03. The number of unbranched alkanes of at least 4 members (excludes halogenated alkanes) is 10. The van der Waals surface area contributed by atoms with E-state index in [0.29, 0.717) is 6.42 Å². The highest BCUT2D eigenvalue weighted by Crippen LogP contribution is 2.38. The van der Waals surface area contributed by atoms with Crippen LogP contribution in [0.25, 0.3) is 0 Å². The molecule has 0 saturated heterocycles. The zero-order valence-corrected chi connectivity index (χ0v) is 24.4. The van der Waals surface area contributed by atoms with Crippen molar-refractivity contribution in [3.63, 3.8) is 0 Å². The second-order valence-electron chi connectivity index (χ2n) is 11.4. The molecule has 0 aromatic carbocycles. The van der Waals surface area contributed by atoms with Gasteiger partial charge in [-0.15, -0.1) is 12.6 Å². The van der Waals surface area contributed by atoms with Crippen LogP contribution in [-0.2, 0) is 9.22 Å². The molecule has 0 aliphatic heterocycles. The quantitative estimate of drug-likeness (QED) is 0.102. The molecule has 0 spiro atoms. The molecule has 2 unspecified atom stereocenters. The highest BCUT2D eigenvalue weighted by molar-refractivity contribution is 7.96. The maximum absolute atomic E-state index is 12.1. The van der Waals surface area contributed by atoms with Crippen LogP contribution in [0.2, 0.25) is 18.1 Å². The van der Waals surface area contributed by atoms with Crippen molar-refractivity contribution in [1.29, 1.82) is 0 Å². The van der Waals surface area contributed by atoms with Crippen molar-refractivity contribution in [2.24, 2.45) is 5.92 Å². The Balaban J connectivity index is 4.80. The van der Waals surface area contributed by atoms with E-state index in [2.05, 4.69) is 60.3 Å². The van der Waals surface area contributed by atoms with Crippen molar-refractivity contribution in [2.45, 2.75) is 161 Å². The van der Waals surface area contributed by atoms with Crippen molar-refractivity contribution < 1.29 is 14.3 Å². The molecular formula is C27H56O3SSi. The van der Waals surface area contributed by atoms with E-state index in [9.17, 15) is 9.90 Å². The van der Waals surface area contributed by atoms with Crippen LogP contribution >= 0.6 is 12.6 Å². The fraction of sp³-hybridized carbons (Fsp3) is 0.963. The first kappa shape index (κ1) is 32.2.